The normalized spacial score (nSPS) is 11.8. The number of hydrogen-bond acceptors (Lipinski definition) is 3. The van der Waals surface area contributed by atoms with Gasteiger partial charge in [-0.1, -0.05) is 0 Å². The first-order chi connectivity index (χ1) is 7.09. The third-order valence-corrected chi connectivity index (χ3v) is 2.69. The summed E-state index contributed by atoms with van der Waals surface area (Å²) in [7, 11) is -4.86. The van der Waals surface area contributed by atoms with E-state index in [0.29, 0.717) is 6.07 Å². The molecule has 0 amide bonds. The number of benzene rings is 1. The molecule has 0 heterocycles. The standard InChI is InChI=1S/C7H5BrF3NO3S.Na/c8-5-2-1-4(7(9,10)11)3-6(5)12-16(13,14)15;/h1-3,12H,(H,13,14,15);/q;+1/p-1. The fraction of sp³-hybridized carbons (Fsp3) is 0.143. The van der Waals surface area contributed by atoms with Crippen molar-refractivity contribution in [2.24, 2.45) is 0 Å². The van der Waals surface area contributed by atoms with Gasteiger partial charge in [0.25, 0.3) is 0 Å². The van der Waals surface area contributed by atoms with Crippen LogP contribution in [0.1, 0.15) is 5.56 Å². The number of hydrogen-bond donors (Lipinski definition) is 1. The minimum atomic E-state index is -4.86. The predicted molar refractivity (Wildman–Crippen MR) is 52.5 cm³/mol. The molecule has 1 aromatic carbocycles. The van der Waals surface area contributed by atoms with Crippen molar-refractivity contribution in [2.45, 2.75) is 6.18 Å². The molecule has 0 saturated carbocycles. The van der Waals surface area contributed by atoms with Gasteiger partial charge >= 0.3 is 35.7 Å². The summed E-state index contributed by atoms with van der Waals surface area (Å²) in [5.41, 5.74) is -1.51. The van der Waals surface area contributed by atoms with Crippen molar-refractivity contribution in [2.75, 3.05) is 4.72 Å². The minimum Gasteiger partial charge on any atom is -0.731 e. The SMILES string of the molecule is O=S(=O)([O-])Nc1cc(C(F)(F)F)ccc1Br.[Na+]. The van der Waals surface area contributed by atoms with Gasteiger partial charge in [-0.2, -0.15) is 13.2 Å². The molecule has 1 rings (SSSR count). The van der Waals surface area contributed by atoms with Gasteiger partial charge in [-0.05, 0) is 34.1 Å². The summed E-state index contributed by atoms with van der Waals surface area (Å²) in [4.78, 5) is 0. The Morgan fingerprint density at radius 2 is 1.82 bits per heavy atom. The van der Waals surface area contributed by atoms with E-state index in [1.165, 1.54) is 4.72 Å². The Kier molecular flexibility index (Phi) is 5.96. The smallest absolute Gasteiger partial charge is 0.731 e. The van der Waals surface area contributed by atoms with Crippen LogP contribution in [0.2, 0.25) is 0 Å². The van der Waals surface area contributed by atoms with E-state index in [4.69, 9.17) is 0 Å². The maximum atomic E-state index is 12.3. The van der Waals surface area contributed by atoms with Crippen LogP contribution in [0, 0.1) is 0 Å². The van der Waals surface area contributed by atoms with Crippen molar-refractivity contribution < 1.29 is 55.7 Å². The van der Waals surface area contributed by atoms with E-state index in [9.17, 15) is 26.1 Å². The monoisotopic (exact) mass is 341 g/mol. The molecule has 0 unspecified atom stereocenters. The first-order valence-corrected chi connectivity index (χ1v) is 5.90. The van der Waals surface area contributed by atoms with Crippen molar-refractivity contribution in [3.63, 3.8) is 0 Å². The van der Waals surface area contributed by atoms with E-state index >= 15 is 0 Å². The molecule has 0 bridgehead atoms. The van der Waals surface area contributed by atoms with Gasteiger partial charge < -0.3 is 4.55 Å². The van der Waals surface area contributed by atoms with E-state index < -0.39 is 27.7 Å². The second-order valence-corrected chi connectivity index (χ2v) is 4.72. The molecule has 0 spiro atoms. The van der Waals surface area contributed by atoms with Crippen LogP contribution in [-0.2, 0) is 16.5 Å². The van der Waals surface area contributed by atoms with Gasteiger partial charge in [0.15, 0.2) is 10.3 Å². The fourth-order valence-corrected chi connectivity index (χ4v) is 1.83. The summed E-state index contributed by atoms with van der Waals surface area (Å²) in [6.07, 6.45) is -4.61. The fourth-order valence-electron chi connectivity index (χ4n) is 0.914. The Bertz CT molecular complexity index is 506. The molecule has 17 heavy (non-hydrogen) atoms. The molecule has 1 N–H and O–H groups in total. The van der Waals surface area contributed by atoms with Gasteiger partial charge in [0.05, 0.1) is 11.3 Å². The van der Waals surface area contributed by atoms with Gasteiger partial charge in [-0.25, -0.2) is 8.42 Å². The molecule has 0 radical (unpaired) electrons. The van der Waals surface area contributed by atoms with Crippen LogP contribution < -0.4 is 34.3 Å². The Morgan fingerprint density at radius 3 is 2.24 bits per heavy atom. The Hall–Kier alpha value is 0.200. The van der Waals surface area contributed by atoms with Crippen LogP contribution in [0.4, 0.5) is 18.9 Å². The molecule has 0 aliphatic carbocycles. The number of anilines is 1. The summed E-state index contributed by atoms with van der Waals surface area (Å²) in [6.45, 7) is 0. The molecule has 0 saturated heterocycles. The number of alkyl halides is 3. The van der Waals surface area contributed by atoms with E-state index in [0.717, 1.165) is 12.1 Å². The van der Waals surface area contributed by atoms with Crippen LogP contribution >= 0.6 is 15.9 Å². The zero-order valence-electron chi connectivity index (χ0n) is 8.38. The molecular formula is C7H4BrF3NNaO3S. The zero-order chi connectivity index (χ0) is 12.6. The average Bonchev–Trinajstić information content (AvgIpc) is 2.04. The first-order valence-electron chi connectivity index (χ1n) is 3.70. The Balaban J connectivity index is 0.00000256. The van der Waals surface area contributed by atoms with Crippen molar-refractivity contribution in [3.05, 3.63) is 28.2 Å². The summed E-state index contributed by atoms with van der Waals surface area (Å²) in [5, 5.41) is 0. The molecular weight excluding hydrogens is 338 g/mol. The topological polar surface area (TPSA) is 69.2 Å². The van der Waals surface area contributed by atoms with Crippen LogP contribution in [-0.4, -0.2) is 13.0 Å². The van der Waals surface area contributed by atoms with Crippen molar-refractivity contribution >= 4 is 31.9 Å². The third kappa shape index (κ3) is 5.58. The van der Waals surface area contributed by atoms with Gasteiger partial charge in [-0.3, -0.25) is 4.72 Å². The molecule has 10 heteroatoms. The molecule has 90 valence electrons. The van der Waals surface area contributed by atoms with E-state index in [1.54, 1.807) is 0 Å². The largest absolute Gasteiger partial charge is 1.00 e. The zero-order valence-corrected chi connectivity index (χ0v) is 12.8. The second-order valence-electron chi connectivity index (χ2n) is 2.75. The molecule has 1 aromatic rings. The first kappa shape index (κ1) is 17.2. The number of nitrogens with one attached hydrogen (secondary N) is 1. The van der Waals surface area contributed by atoms with Crippen molar-refractivity contribution in [1.82, 2.24) is 0 Å². The van der Waals surface area contributed by atoms with E-state index in [-0.39, 0.29) is 34.0 Å². The molecule has 0 aliphatic rings. The summed E-state index contributed by atoms with van der Waals surface area (Å²) < 4.78 is 69.3. The van der Waals surface area contributed by atoms with Gasteiger partial charge in [0, 0.05) is 4.47 Å². The maximum Gasteiger partial charge on any atom is 1.00 e. The van der Waals surface area contributed by atoms with Crippen LogP contribution in [0.15, 0.2) is 22.7 Å². The third-order valence-electron chi connectivity index (χ3n) is 1.53. The minimum absolute atomic E-state index is 0. The summed E-state index contributed by atoms with van der Waals surface area (Å²) in [5.74, 6) is 0. The van der Waals surface area contributed by atoms with Gasteiger partial charge in [-0.15, -0.1) is 0 Å². The van der Waals surface area contributed by atoms with Gasteiger partial charge in [0.2, 0.25) is 0 Å². The molecule has 0 atom stereocenters. The van der Waals surface area contributed by atoms with Crippen molar-refractivity contribution in [3.8, 4) is 0 Å². The Labute approximate surface area is 126 Å². The molecule has 4 nitrogen and oxygen atoms in total. The van der Waals surface area contributed by atoms with Crippen molar-refractivity contribution in [1.29, 1.82) is 0 Å². The number of halogens is 4. The molecule has 0 fully saturated rings. The van der Waals surface area contributed by atoms with Gasteiger partial charge in [0.1, 0.15) is 0 Å². The molecule has 0 aliphatic heterocycles. The average molecular weight is 342 g/mol. The molecule has 0 aromatic heterocycles. The maximum absolute atomic E-state index is 12.3. The van der Waals surface area contributed by atoms with E-state index in [2.05, 4.69) is 15.9 Å². The van der Waals surface area contributed by atoms with E-state index in [1.807, 2.05) is 0 Å². The Morgan fingerprint density at radius 1 is 1.29 bits per heavy atom. The predicted octanol–water partition coefficient (Wildman–Crippen LogP) is -0.656. The van der Waals surface area contributed by atoms with Crippen LogP contribution in [0.3, 0.4) is 0 Å². The van der Waals surface area contributed by atoms with Crippen LogP contribution in [0.25, 0.3) is 0 Å². The summed E-state index contributed by atoms with van der Waals surface area (Å²) >= 11 is 2.82. The second kappa shape index (κ2) is 5.89. The quantitative estimate of drug-likeness (QED) is 0.573. The number of rotatable bonds is 2. The van der Waals surface area contributed by atoms with Crippen LogP contribution in [0.5, 0.6) is 0 Å². The summed E-state index contributed by atoms with van der Waals surface area (Å²) in [6, 6.07) is 2.28.